The molecule has 4 atom stereocenters. The number of fused-ring (bicyclic) bond motifs is 2. The summed E-state index contributed by atoms with van der Waals surface area (Å²) in [5.41, 5.74) is 16.3. The highest BCUT2D eigenvalue weighted by Gasteiger charge is 2.17. The Balaban J connectivity index is 0. The van der Waals surface area contributed by atoms with Gasteiger partial charge in [0, 0.05) is 54.9 Å². The van der Waals surface area contributed by atoms with Crippen LogP contribution in [0.3, 0.4) is 0 Å². The zero-order valence-electron chi connectivity index (χ0n) is 47.7. The third kappa shape index (κ3) is 24.9. The van der Waals surface area contributed by atoms with Gasteiger partial charge in [0.1, 0.15) is 0 Å². The largest absolute Gasteiger partial charge is 0.269 e. The summed E-state index contributed by atoms with van der Waals surface area (Å²) in [4.78, 5) is 0. The molecule has 1 aliphatic carbocycles. The van der Waals surface area contributed by atoms with Gasteiger partial charge >= 0.3 is 0 Å². The van der Waals surface area contributed by atoms with E-state index in [1.807, 2.05) is 0 Å². The lowest BCUT2D eigenvalue weighted by atomic mass is 9.82. The lowest BCUT2D eigenvalue weighted by Crippen LogP contribution is -2.12. The molecule has 1 saturated carbocycles. The monoisotopic (exact) mass is 1140 g/mol. The van der Waals surface area contributed by atoms with Crippen molar-refractivity contribution >= 4 is 21.5 Å². The van der Waals surface area contributed by atoms with Crippen LogP contribution >= 0.6 is 0 Å². The fourth-order valence-corrected chi connectivity index (χ4v) is 9.43. The van der Waals surface area contributed by atoms with E-state index in [4.69, 9.17) is 54.9 Å². The first kappa shape index (κ1) is 75.7. The first-order valence-electron chi connectivity index (χ1n) is 26.0. The van der Waals surface area contributed by atoms with Crippen LogP contribution in [-0.2, 0) is 0 Å². The highest BCUT2D eigenvalue weighted by Crippen LogP contribution is 2.39. The van der Waals surface area contributed by atoms with Crippen molar-refractivity contribution in [1.29, 1.82) is 0 Å². The highest BCUT2D eigenvalue weighted by atomic mass is 20.0. The Labute approximate surface area is 471 Å². The third-order valence-electron chi connectivity index (χ3n) is 14.5. The zero-order chi connectivity index (χ0) is 60.4. The summed E-state index contributed by atoms with van der Waals surface area (Å²) >= 11 is 0. The number of benzene rings is 9. The predicted octanol–water partition coefficient (Wildman–Crippen LogP) is 25.2. The van der Waals surface area contributed by atoms with E-state index in [0.29, 0.717) is 11.8 Å². The SMILES string of the molecule is CC(c1ccccc1)C(C)c1ccccc1.CC1CCCCC1C.Cc1ccc2ccccc2c1-c1c(C)ccc2ccccc12.Cc1ccccc1-c1ccccc1C.Cc1ccccc1C.F.FF.FF.FF.FF.FF.FF. The number of rotatable bonds is 5. The van der Waals surface area contributed by atoms with Gasteiger partial charge in [-0.2, -0.15) is 0 Å². The fourth-order valence-electron chi connectivity index (χ4n) is 9.43. The van der Waals surface area contributed by atoms with E-state index in [1.165, 1.54) is 114 Å². The Kier molecular flexibility index (Phi) is 42.3. The van der Waals surface area contributed by atoms with E-state index in [-0.39, 0.29) is 4.70 Å². The molecule has 0 N–H and O–H groups in total. The van der Waals surface area contributed by atoms with Crippen molar-refractivity contribution < 1.29 is 59.6 Å². The molecule has 9 aromatic carbocycles. The molecule has 0 nitrogen and oxygen atoms in total. The minimum absolute atomic E-state index is 0. The molecule has 0 heterocycles. The second-order valence-corrected chi connectivity index (χ2v) is 19.3. The lowest BCUT2D eigenvalue weighted by Gasteiger charge is -2.24. The number of aryl methyl sites for hydroxylation is 6. The van der Waals surface area contributed by atoms with Crippen molar-refractivity contribution in [3.05, 3.63) is 251 Å². The molecular formula is C68H77F13. The van der Waals surface area contributed by atoms with Crippen LogP contribution in [0.2, 0.25) is 0 Å². The summed E-state index contributed by atoms with van der Waals surface area (Å²) in [5.74, 6) is 3.12. The molecule has 0 saturated heterocycles. The van der Waals surface area contributed by atoms with Crippen LogP contribution in [0.4, 0.5) is 59.6 Å². The smallest absolute Gasteiger partial charge is 0 e. The Morgan fingerprint density at radius 3 is 0.840 bits per heavy atom. The van der Waals surface area contributed by atoms with Gasteiger partial charge in [-0.3, -0.25) is 4.70 Å². The van der Waals surface area contributed by atoms with E-state index >= 15 is 0 Å². The Hall–Kier alpha value is -7.41. The van der Waals surface area contributed by atoms with Crippen LogP contribution in [-0.4, -0.2) is 0 Å². The molecule has 1 fully saturated rings. The molecule has 0 aromatic heterocycles. The number of halogens is 13. The molecule has 1 aliphatic rings. The van der Waals surface area contributed by atoms with Gasteiger partial charge in [-0.1, -0.05) is 260 Å². The second-order valence-electron chi connectivity index (χ2n) is 19.3. The van der Waals surface area contributed by atoms with Crippen molar-refractivity contribution in [2.45, 2.75) is 107 Å². The number of hydrogen-bond acceptors (Lipinski definition) is 0. The number of hydrogen-bond donors (Lipinski definition) is 0. The Morgan fingerprint density at radius 2 is 0.556 bits per heavy atom. The standard InChI is InChI=1S/C22H18.C16H18.C14H14.C8H16.C8H10.6F2.FH/c1-15-11-13-17-7-3-5-9-19(17)21(15)22-16(2)12-14-18-8-4-6-10-20(18)22;1-13(15-9-5-3-6-10-15)14(2)16-11-7-4-8-12-16;1-11-7-3-5-9-13(11)14-10-6-4-8-12(14)2;2*1-7-5-3-4-6-8(7)2;6*1-2;/h3-14H,1-2H3;3-14H,1-2H3;3-10H,1-2H3;7-8H,3-6H2,1-2H3;3-6H,1-2H3;;;;;;;1H. The van der Waals surface area contributed by atoms with Crippen molar-refractivity contribution in [2.24, 2.45) is 11.8 Å². The van der Waals surface area contributed by atoms with Crippen molar-refractivity contribution in [2.75, 3.05) is 0 Å². The Morgan fingerprint density at radius 1 is 0.296 bits per heavy atom. The van der Waals surface area contributed by atoms with E-state index in [9.17, 15) is 0 Å². The molecule has 0 amide bonds. The highest BCUT2D eigenvalue weighted by molar-refractivity contribution is 6.07. The molecule has 4 unspecified atom stereocenters. The fraction of sp³-hybridized carbons (Fsp3) is 0.265. The molecule has 81 heavy (non-hydrogen) atoms. The topological polar surface area (TPSA) is 0 Å². The summed E-state index contributed by atoms with van der Waals surface area (Å²) in [6, 6.07) is 73.1. The minimum atomic E-state index is 0. The molecule has 0 radical (unpaired) electrons. The molecule has 0 spiro atoms. The molecule has 0 aliphatic heterocycles. The van der Waals surface area contributed by atoms with Gasteiger partial charge in [-0.05, 0) is 154 Å². The summed E-state index contributed by atoms with van der Waals surface area (Å²) in [7, 11) is 0. The average Bonchev–Trinajstić information content (AvgIpc) is 3.67. The average molecular weight is 1140 g/mol. The third-order valence-corrected chi connectivity index (χ3v) is 14.5. The summed E-state index contributed by atoms with van der Waals surface area (Å²) < 4.78 is 96.0. The molecule has 9 aromatic rings. The van der Waals surface area contributed by atoms with Crippen molar-refractivity contribution in [3.63, 3.8) is 0 Å². The van der Waals surface area contributed by atoms with Gasteiger partial charge in [-0.15, -0.1) is 0 Å². The van der Waals surface area contributed by atoms with Gasteiger partial charge in [0.2, 0.25) is 0 Å². The van der Waals surface area contributed by atoms with E-state index in [1.54, 1.807) is 0 Å². The molecular weight excluding hydrogens is 1060 g/mol. The second kappa shape index (κ2) is 45.3. The van der Waals surface area contributed by atoms with Gasteiger partial charge in [0.15, 0.2) is 0 Å². The Bertz CT molecular complexity index is 2770. The van der Waals surface area contributed by atoms with Crippen LogP contribution in [0.1, 0.15) is 110 Å². The first-order chi connectivity index (χ1) is 38.9. The van der Waals surface area contributed by atoms with Crippen LogP contribution in [0.25, 0.3) is 43.8 Å². The van der Waals surface area contributed by atoms with Gasteiger partial charge in [-0.25, -0.2) is 0 Å². The maximum Gasteiger partial charge on any atom is 0 e. The predicted molar refractivity (Wildman–Crippen MR) is 316 cm³/mol. The van der Waals surface area contributed by atoms with E-state index in [0.717, 1.165) is 11.8 Å². The maximum atomic E-state index is 8.00. The quantitative estimate of drug-likeness (QED) is 0.151. The first-order valence-corrected chi connectivity index (χ1v) is 26.0. The molecule has 440 valence electrons. The van der Waals surface area contributed by atoms with Crippen LogP contribution in [0.15, 0.2) is 206 Å². The van der Waals surface area contributed by atoms with Crippen LogP contribution < -0.4 is 0 Å². The molecule has 0 bridgehead atoms. The summed E-state index contributed by atoms with van der Waals surface area (Å²) in [6.45, 7) is 22.3. The van der Waals surface area contributed by atoms with E-state index < -0.39 is 0 Å². The van der Waals surface area contributed by atoms with Gasteiger partial charge < -0.3 is 0 Å². The van der Waals surface area contributed by atoms with E-state index in [2.05, 4.69) is 275 Å². The summed E-state index contributed by atoms with van der Waals surface area (Å²) in [5, 5.41) is 5.27. The molecule has 13 heteroatoms. The van der Waals surface area contributed by atoms with Crippen LogP contribution in [0.5, 0.6) is 0 Å². The van der Waals surface area contributed by atoms with Gasteiger partial charge in [0.05, 0.1) is 0 Å². The van der Waals surface area contributed by atoms with Crippen molar-refractivity contribution in [1.82, 2.24) is 0 Å². The maximum absolute atomic E-state index is 8.00. The molecule has 10 rings (SSSR count). The lowest BCUT2D eigenvalue weighted by molar-refractivity contribution is 0.108. The minimum Gasteiger partial charge on any atom is -0.269 e. The normalized spacial score (nSPS) is 12.9. The van der Waals surface area contributed by atoms with Crippen molar-refractivity contribution in [3.8, 4) is 22.3 Å². The van der Waals surface area contributed by atoms with Gasteiger partial charge in [0.25, 0.3) is 0 Å². The zero-order valence-corrected chi connectivity index (χ0v) is 47.7. The van der Waals surface area contributed by atoms with Crippen LogP contribution in [0, 0.1) is 53.4 Å². The summed E-state index contributed by atoms with van der Waals surface area (Å²) in [6.07, 6.45) is 5.90.